The highest BCUT2D eigenvalue weighted by atomic mass is 79.9. The van der Waals surface area contributed by atoms with E-state index >= 15 is 0 Å². The molecule has 1 fully saturated rings. The number of hydrogen-bond acceptors (Lipinski definition) is 4. The number of benzene rings is 1. The van der Waals surface area contributed by atoms with Gasteiger partial charge in [-0.15, -0.1) is 0 Å². The molecular weight excluding hydrogens is 286 g/mol. The molecule has 1 aromatic rings. The fourth-order valence-corrected chi connectivity index (χ4v) is 1.78. The molecule has 1 aromatic carbocycles. The van der Waals surface area contributed by atoms with Crippen molar-refractivity contribution in [3.8, 4) is 0 Å². The molecule has 0 spiro atoms. The lowest BCUT2D eigenvalue weighted by atomic mass is 10.2. The van der Waals surface area contributed by atoms with Crippen LogP contribution in [0.2, 0.25) is 0 Å². The van der Waals surface area contributed by atoms with E-state index in [0.717, 1.165) is 0 Å². The quantitative estimate of drug-likeness (QED) is 0.393. The Morgan fingerprint density at radius 1 is 1.47 bits per heavy atom. The van der Waals surface area contributed by atoms with Gasteiger partial charge in [-0.1, -0.05) is 0 Å². The lowest BCUT2D eigenvalue weighted by Crippen LogP contribution is -2.11. The molecule has 0 atom stereocenters. The molecule has 0 heterocycles. The van der Waals surface area contributed by atoms with Gasteiger partial charge in [0.05, 0.1) is 12.2 Å². The highest BCUT2D eigenvalue weighted by molar-refractivity contribution is 9.10. The minimum atomic E-state index is -0.431. The summed E-state index contributed by atoms with van der Waals surface area (Å²) in [4.78, 5) is 11.7. The van der Waals surface area contributed by atoms with Crippen LogP contribution in [0.1, 0.15) is 23.2 Å². The Morgan fingerprint density at radius 2 is 2.24 bits per heavy atom. The van der Waals surface area contributed by atoms with Crippen molar-refractivity contribution >= 4 is 27.6 Å². The summed E-state index contributed by atoms with van der Waals surface area (Å²) in [6.07, 6.45) is 2.43. The first-order valence-electron chi connectivity index (χ1n) is 5.46. The Balaban J connectivity index is 1.82. The average molecular weight is 300 g/mol. The van der Waals surface area contributed by atoms with Crippen molar-refractivity contribution in [2.75, 3.05) is 19.1 Å². The van der Waals surface area contributed by atoms with E-state index in [1.54, 1.807) is 18.2 Å². The van der Waals surface area contributed by atoms with Crippen LogP contribution in [0, 0.1) is 5.92 Å². The summed E-state index contributed by atoms with van der Waals surface area (Å²) in [5.41, 5.74) is 6.55. The SMILES string of the molecule is Nc1ccc(Br)c(C(=O)OCOCC2CC2)c1. The summed E-state index contributed by atoms with van der Waals surface area (Å²) in [5, 5.41) is 0. The molecule has 2 rings (SSSR count). The smallest absolute Gasteiger partial charge is 0.341 e. The van der Waals surface area contributed by atoms with Crippen LogP contribution < -0.4 is 5.73 Å². The standard InChI is InChI=1S/C12H14BrNO3/c13-11-4-3-9(14)5-10(11)12(15)17-7-16-6-8-1-2-8/h3-5,8H,1-2,6-7,14H2. The van der Waals surface area contributed by atoms with Crippen LogP contribution in [0.25, 0.3) is 0 Å². The predicted octanol–water partition coefficient (Wildman–Crippen LogP) is 2.57. The first-order chi connectivity index (χ1) is 8.16. The average Bonchev–Trinajstić information content (AvgIpc) is 3.11. The topological polar surface area (TPSA) is 61.6 Å². The summed E-state index contributed by atoms with van der Waals surface area (Å²) in [5.74, 6) is 0.229. The summed E-state index contributed by atoms with van der Waals surface area (Å²) >= 11 is 3.28. The Labute approximate surface area is 108 Å². The highest BCUT2D eigenvalue weighted by Crippen LogP contribution is 2.28. The number of carbonyl (C=O) groups excluding carboxylic acids is 1. The lowest BCUT2D eigenvalue weighted by Gasteiger charge is -2.07. The summed E-state index contributed by atoms with van der Waals surface area (Å²) in [6, 6.07) is 5.01. The maximum atomic E-state index is 11.7. The molecule has 0 aromatic heterocycles. The zero-order valence-corrected chi connectivity index (χ0v) is 10.9. The molecule has 0 aliphatic heterocycles. The molecule has 1 aliphatic rings. The van der Waals surface area contributed by atoms with Crippen molar-refractivity contribution in [3.05, 3.63) is 28.2 Å². The zero-order valence-electron chi connectivity index (χ0n) is 9.32. The lowest BCUT2D eigenvalue weighted by molar-refractivity contribution is -0.0345. The number of carbonyl (C=O) groups is 1. The number of nitrogens with two attached hydrogens (primary N) is 1. The Hall–Kier alpha value is -1.07. The molecule has 1 saturated carbocycles. The van der Waals surface area contributed by atoms with Gasteiger partial charge in [0.2, 0.25) is 0 Å². The second kappa shape index (κ2) is 5.51. The van der Waals surface area contributed by atoms with Gasteiger partial charge in [-0.25, -0.2) is 4.79 Å². The van der Waals surface area contributed by atoms with E-state index in [4.69, 9.17) is 15.2 Å². The van der Waals surface area contributed by atoms with Gasteiger partial charge in [0, 0.05) is 10.2 Å². The van der Waals surface area contributed by atoms with Crippen molar-refractivity contribution in [3.63, 3.8) is 0 Å². The van der Waals surface area contributed by atoms with Gasteiger partial charge in [-0.3, -0.25) is 0 Å². The number of nitrogen functional groups attached to an aromatic ring is 1. The maximum Gasteiger partial charge on any atom is 0.341 e. The third kappa shape index (κ3) is 3.71. The first kappa shape index (κ1) is 12.4. The van der Waals surface area contributed by atoms with Crippen LogP contribution in [0.4, 0.5) is 5.69 Å². The molecule has 0 unspecified atom stereocenters. The van der Waals surface area contributed by atoms with E-state index in [0.29, 0.717) is 28.2 Å². The van der Waals surface area contributed by atoms with E-state index in [9.17, 15) is 4.79 Å². The molecule has 2 N–H and O–H groups in total. The van der Waals surface area contributed by atoms with Crippen molar-refractivity contribution in [2.24, 2.45) is 5.92 Å². The Morgan fingerprint density at radius 3 is 2.94 bits per heavy atom. The van der Waals surface area contributed by atoms with Gasteiger partial charge in [-0.05, 0) is 52.9 Å². The van der Waals surface area contributed by atoms with Crippen molar-refractivity contribution in [1.29, 1.82) is 0 Å². The van der Waals surface area contributed by atoms with Gasteiger partial charge in [0.15, 0.2) is 6.79 Å². The molecule has 0 amide bonds. The highest BCUT2D eigenvalue weighted by Gasteiger charge is 2.21. The number of hydrogen-bond donors (Lipinski definition) is 1. The summed E-state index contributed by atoms with van der Waals surface area (Å²) in [6.45, 7) is 0.669. The van der Waals surface area contributed by atoms with E-state index in [1.807, 2.05) is 0 Å². The van der Waals surface area contributed by atoms with Crippen molar-refractivity contribution < 1.29 is 14.3 Å². The number of anilines is 1. The molecular formula is C12H14BrNO3. The van der Waals surface area contributed by atoms with E-state index in [-0.39, 0.29) is 6.79 Å². The molecule has 5 heteroatoms. The minimum absolute atomic E-state index is 0.00340. The Kier molecular flexibility index (Phi) is 4.02. The largest absolute Gasteiger partial charge is 0.435 e. The summed E-state index contributed by atoms with van der Waals surface area (Å²) < 4.78 is 10.9. The minimum Gasteiger partial charge on any atom is -0.435 e. The summed E-state index contributed by atoms with van der Waals surface area (Å²) in [7, 11) is 0. The van der Waals surface area contributed by atoms with Crippen LogP contribution in [-0.2, 0) is 9.47 Å². The number of esters is 1. The van der Waals surface area contributed by atoms with Gasteiger partial charge in [0.25, 0.3) is 0 Å². The monoisotopic (exact) mass is 299 g/mol. The normalized spacial score (nSPS) is 14.6. The molecule has 4 nitrogen and oxygen atoms in total. The van der Waals surface area contributed by atoms with Gasteiger partial charge < -0.3 is 15.2 Å². The van der Waals surface area contributed by atoms with Crippen molar-refractivity contribution in [2.45, 2.75) is 12.8 Å². The number of halogens is 1. The molecule has 0 radical (unpaired) electrons. The van der Waals surface area contributed by atoms with Crippen LogP contribution in [0.3, 0.4) is 0 Å². The number of ether oxygens (including phenoxy) is 2. The van der Waals surface area contributed by atoms with E-state index < -0.39 is 5.97 Å². The second-order valence-corrected chi connectivity index (χ2v) is 4.96. The van der Waals surface area contributed by atoms with E-state index in [1.165, 1.54) is 12.8 Å². The number of rotatable bonds is 5. The fraction of sp³-hybridized carbons (Fsp3) is 0.417. The van der Waals surface area contributed by atoms with Gasteiger partial charge in [-0.2, -0.15) is 0 Å². The van der Waals surface area contributed by atoms with Crippen LogP contribution in [0.15, 0.2) is 22.7 Å². The van der Waals surface area contributed by atoms with Crippen LogP contribution in [0.5, 0.6) is 0 Å². The molecule has 0 bridgehead atoms. The maximum absolute atomic E-state index is 11.7. The third-order valence-corrected chi connectivity index (χ3v) is 3.23. The first-order valence-corrected chi connectivity index (χ1v) is 6.26. The molecule has 92 valence electrons. The molecule has 0 saturated heterocycles. The molecule has 1 aliphatic carbocycles. The fourth-order valence-electron chi connectivity index (χ4n) is 1.37. The predicted molar refractivity (Wildman–Crippen MR) is 67.5 cm³/mol. The zero-order chi connectivity index (χ0) is 12.3. The van der Waals surface area contributed by atoms with Gasteiger partial charge >= 0.3 is 5.97 Å². The van der Waals surface area contributed by atoms with Crippen LogP contribution in [-0.4, -0.2) is 19.4 Å². The molecule has 17 heavy (non-hydrogen) atoms. The second-order valence-electron chi connectivity index (χ2n) is 4.10. The van der Waals surface area contributed by atoms with Gasteiger partial charge in [0.1, 0.15) is 0 Å². The Bertz CT molecular complexity index is 418. The third-order valence-electron chi connectivity index (χ3n) is 2.53. The van der Waals surface area contributed by atoms with Crippen LogP contribution >= 0.6 is 15.9 Å². The van der Waals surface area contributed by atoms with E-state index in [2.05, 4.69) is 15.9 Å². The van der Waals surface area contributed by atoms with Crippen molar-refractivity contribution in [1.82, 2.24) is 0 Å².